The molecular weight excluding hydrogens is 246 g/mol. The fourth-order valence-electron chi connectivity index (χ4n) is 2.08. The van der Waals surface area contributed by atoms with Crippen LogP contribution in [0.5, 0.6) is 5.75 Å². The summed E-state index contributed by atoms with van der Waals surface area (Å²) in [6, 6.07) is 1.47. The Balaban J connectivity index is 1.85. The lowest BCUT2D eigenvalue weighted by molar-refractivity contribution is 0.0990. The van der Waals surface area contributed by atoms with Gasteiger partial charge in [-0.1, -0.05) is 0 Å². The van der Waals surface area contributed by atoms with E-state index in [0.717, 1.165) is 32.3 Å². The summed E-state index contributed by atoms with van der Waals surface area (Å²) in [7, 11) is 0. The molecule has 2 rings (SSSR count). The predicted molar refractivity (Wildman–Crippen MR) is 71.3 cm³/mol. The molecule has 2 heterocycles. The third-order valence-corrected chi connectivity index (χ3v) is 3.15. The molecular formula is C13H21N3O3. The van der Waals surface area contributed by atoms with Crippen molar-refractivity contribution in [2.45, 2.75) is 38.3 Å². The van der Waals surface area contributed by atoms with E-state index in [0.29, 0.717) is 25.4 Å². The number of rotatable bonds is 7. The maximum Gasteiger partial charge on any atom is 0.270 e. The lowest BCUT2D eigenvalue weighted by Crippen LogP contribution is -2.24. The van der Waals surface area contributed by atoms with E-state index in [1.54, 1.807) is 6.20 Å². The molecule has 0 radical (unpaired) electrons. The molecule has 0 bridgehead atoms. The van der Waals surface area contributed by atoms with Gasteiger partial charge in [-0.3, -0.25) is 4.79 Å². The van der Waals surface area contributed by atoms with Gasteiger partial charge in [0.05, 0.1) is 18.9 Å². The Hall–Kier alpha value is -1.40. The first kappa shape index (κ1) is 14.0. The van der Waals surface area contributed by atoms with Crippen molar-refractivity contribution in [2.75, 3.05) is 19.8 Å². The summed E-state index contributed by atoms with van der Waals surface area (Å²) in [6.45, 7) is 2.51. The smallest absolute Gasteiger partial charge is 0.270 e. The van der Waals surface area contributed by atoms with Crippen LogP contribution in [0.3, 0.4) is 0 Å². The summed E-state index contributed by atoms with van der Waals surface area (Å²) in [5.74, 6) is 0.506. The Morgan fingerprint density at radius 1 is 1.58 bits per heavy atom. The summed E-state index contributed by atoms with van der Waals surface area (Å²) in [4.78, 5) is 11.8. The molecule has 1 aliphatic heterocycles. The Kier molecular flexibility index (Phi) is 5.35. The molecule has 0 aliphatic carbocycles. The highest BCUT2D eigenvalue weighted by atomic mass is 16.5. The standard InChI is InChI=1S/C13H21N3O3/c14-5-2-8-19-12-9-13(17)16(15-10-12)6-4-11-3-1-7-18-11/h9-11H,1-8,14H2. The molecule has 2 N–H and O–H groups in total. The molecule has 1 atom stereocenters. The zero-order chi connectivity index (χ0) is 13.5. The van der Waals surface area contributed by atoms with E-state index in [2.05, 4.69) is 5.10 Å². The van der Waals surface area contributed by atoms with Crippen LogP contribution in [-0.2, 0) is 11.3 Å². The molecule has 0 spiro atoms. The minimum Gasteiger partial charge on any atom is -0.492 e. The van der Waals surface area contributed by atoms with E-state index >= 15 is 0 Å². The van der Waals surface area contributed by atoms with Gasteiger partial charge in [0.1, 0.15) is 5.75 Å². The number of aromatic nitrogens is 2. The van der Waals surface area contributed by atoms with Crippen LogP contribution in [-0.4, -0.2) is 35.6 Å². The van der Waals surface area contributed by atoms with Crippen LogP contribution in [0.25, 0.3) is 0 Å². The van der Waals surface area contributed by atoms with Crippen molar-refractivity contribution in [1.29, 1.82) is 0 Å². The topological polar surface area (TPSA) is 79.4 Å². The summed E-state index contributed by atoms with van der Waals surface area (Å²) < 4.78 is 12.4. The van der Waals surface area contributed by atoms with E-state index in [-0.39, 0.29) is 11.7 Å². The Morgan fingerprint density at radius 2 is 2.47 bits per heavy atom. The van der Waals surface area contributed by atoms with Gasteiger partial charge >= 0.3 is 0 Å². The van der Waals surface area contributed by atoms with Crippen LogP contribution in [0.15, 0.2) is 17.1 Å². The van der Waals surface area contributed by atoms with Crippen LogP contribution in [0, 0.1) is 0 Å². The number of hydrogen-bond donors (Lipinski definition) is 1. The highest BCUT2D eigenvalue weighted by Crippen LogP contribution is 2.15. The normalized spacial score (nSPS) is 18.7. The highest BCUT2D eigenvalue weighted by molar-refractivity contribution is 5.13. The largest absolute Gasteiger partial charge is 0.492 e. The number of aryl methyl sites for hydroxylation is 1. The van der Waals surface area contributed by atoms with E-state index in [4.69, 9.17) is 15.2 Å². The quantitative estimate of drug-likeness (QED) is 0.729. The summed E-state index contributed by atoms with van der Waals surface area (Å²) >= 11 is 0. The minimum absolute atomic E-state index is 0.136. The lowest BCUT2D eigenvalue weighted by Gasteiger charge is -2.10. The fraction of sp³-hybridized carbons (Fsp3) is 0.692. The van der Waals surface area contributed by atoms with Crippen molar-refractivity contribution in [3.8, 4) is 5.75 Å². The molecule has 0 amide bonds. The monoisotopic (exact) mass is 267 g/mol. The third-order valence-electron chi connectivity index (χ3n) is 3.15. The first-order chi connectivity index (χ1) is 9.29. The van der Waals surface area contributed by atoms with E-state index < -0.39 is 0 Å². The van der Waals surface area contributed by atoms with Crippen LogP contribution >= 0.6 is 0 Å². The van der Waals surface area contributed by atoms with E-state index in [9.17, 15) is 4.79 Å². The summed E-state index contributed by atoms with van der Waals surface area (Å²) in [5.41, 5.74) is 5.24. The zero-order valence-electron chi connectivity index (χ0n) is 11.1. The second kappa shape index (κ2) is 7.25. The maximum atomic E-state index is 11.8. The second-order valence-electron chi connectivity index (χ2n) is 4.67. The van der Waals surface area contributed by atoms with Crippen molar-refractivity contribution in [1.82, 2.24) is 9.78 Å². The molecule has 1 saturated heterocycles. The van der Waals surface area contributed by atoms with Gasteiger partial charge in [0.2, 0.25) is 0 Å². The van der Waals surface area contributed by atoms with Gasteiger partial charge in [-0.15, -0.1) is 0 Å². The highest BCUT2D eigenvalue weighted by Gasteiger charge is 2.15. The molecule has 0 aromatic carbocycles. The van der Waals surface area contributed by atoms with Crippen molar-refractivity contribution in [3.63, 3.8) is 0 Å². The van der Waals surface area contributed by atoms with E-state index in [1.807, 2.05) is 0 Å². The van der Waals surface area contributed by atoms with Crippen molar-refractivity contribution >= 4 is 0 Å². The molecule has 0 saturated carbocycles. The van der Waals surface area contributed by atoms with Crippen LogP contribution in [0.1, 0.15) is 25.7 Å². The molecule has 1 aromatic rings. The number of nitrogens with zero attached hydrogens (tertiary/aromatic N) is 2. The Labute approximate surface area is 112 Å². The molecule has 1 aliphatic rings. The number of ether oxygens (including phenoxy) is 2. The molecule has 106 valence electrons. The van der Waals surface area contributed by atoms with Gasteiger partial charge in [0.25, 0.3) is 5.56 Å². The maximum absolute atomic E-state index is 11.8. The predicted octanol–water partition coefficient (Wildman–Crippen LogP) is 0.540. The van der Waals surface area contributed by atoms with Crippen molar-refractivity contribution < 1.29 is 9.47 Å². The number of hydrogen-bond acceptors (Lipinski definition) is 5. The van der Waals surface area contributed by atoms with E-state index in [1.165, 1.54) is 10.7 Å². The van der Waals surface area contributed by atoms with Crippen molar-refractivity contribution in [3.05, 3.63) is 22.6 Å². The summed E-state index contributed by atoms with van der Waals surface area (Å²) in [5, 5.41) is 4.11. The van der Waals surface area contributed by atoms with Crippen LogP contribution in [0.4, 0.5) is 0 Å². The first-order valence-corrected chi connectivity index (χ1v) is 6.81. The van der Waals surface area contributed by atoms with Gasteiger partial charge < -0.3 is 15.2 Å². The Morgan fingerprint density at radius 3 is 3.16 bits per heavy atom. The van der Waals surface area contributed by atoms with Gasteiger partial charge in [-0.05, 0) is 32.2 Å². The SMILES string of the molecule is NCCCOc1cnn(CCC2CCCO2)c(=O)c1. The molecule has 1 aromatic heterocycles. The molecule has 6 heteroatoms. The molecule has 1 unspecified atom stereocenters. The third kappa shape index (κ3) is 4.33. The average Bonchev–Trinajstić information content (AvgIpc) is 2.91. The first-order valence-electron chi connectivity index (χ1n) is 6.81. The lowest BCUT2D eigenvalue weighted by atomic mass is 10.2. The second-order valence-corrected chi connectivity index (χ2v) is 4.67. The van der Waals surface area contributed by atoms with Gasteiger partial charge in [-0.2, -0.15) is 5.10 Å². The summed E-state index contributed by atoms with van der Waals surface area (Å²) in [6.07, 6.45) is 5.64. The van der Waals surface area contributed by atoms with Gasteiger partial charge in [0.15, 0.2) is 0 Å². The fourth-order valence-corrected chi connectivity index (χ4v) is 2.08. The molecule has 19 heavy (non-hydrogen) atoms. The molecule has 1 fully saturated rings. The zero-order valence-corrected chi connectivity index (χ0v) is 11.1. The molecule has 6 nitrogen and oxygen atoms in total. The number of nitrogens with two attached hydrogens (primary N) is 1. The Bertz CT molecular complexity index is 441. The average molecular weight is 267 g/mol. The minimum atomic E-state index is -0.136. The van der Waals surface area contributed by atoms with Crippen molar-refractivity contribution in [2.24, 2.45) is 5.73 Å². The van der Waals surface area contributed by atoms with Gasteiger partial charge in [0, 0.05) is 19.2 Å². The van der Waals surface area contributed by atoms with Crippen LogP contribution < -0.4 is 16.0 Å². The van der Waals surface area contributed by atoms with Crippen LogP contribution in [0.2, 0.25) is 0 Å². The van der Waals surface area contributed by atoms with Gasteiger partial charge in [-0.25, -0.2) is 4.68 Å².